The van der Waals surface area contributed by atoms with Crippen molar-refractivity contribution in [2.24, 2.45) is 0 Å². The number of hydrogen-bond acceptors (Lipinski definition) is 6. The lowest BCUT2D eigenvalue weighted by Gasteiger charge is -2.08. The van der Waals surface area contributed by atoms with Crippen LogP contribution in [0.5, 0.6) is 0 Å². The summed E-state index contributed by atoms with van der Waals surface area (Å²) >= 11 is 2.57. The lowest BCUT2D eigenvalue weighted by atomic mass is 10.1. The van der Waals surface area contributed by atoms with E-state index in [0.717, 1.165) is 28.6 Å². The molecule has 8 heteroatoms. The Hall–Kier alpha value is -2.32. The molecular weight excluding hydrogens is 368 g/mol. The summed E-state index contributed by atoms with van der Waals surface area (Å²) in [5.74, 6) is 6.04. The first-order valence-corrected chi connectivity index (χ1v) is 10.2. The number of thiophene rings is 1. The number of nitrogens with two attached hydrogens (primary N) is 1. The molecule has 0 unspecified atom stereocenters. The molecule has 0 fully saturated rings. The van der Waals surface area contributed by atoms with Crippen molar-refractivity contribution in [1.29, 1.82) is 0 Å². The van der Waals surface area contributed by atoms with Crippen LogP contribution in [-0.4, -0.2) is 27.9 Å². The highest BCUT2D eigenvalue weighted by Crippen LogP contribution is 2.31. The lowest BCUT2D eigenvalue weighted by molar-refractivity contribution is -0.118. The molecule has 0 atom stereocenters. The standard InChI is InChI=1S/C18H20N4O2S2/c1-2-3-9-20-14(23)11-26-18-21-16-15(17(24)22(18)19)13(10-25-16)12-7-5-4-6-8-12/h4-8,10H,2-3,9,11,19H2,1H3,(H,20,23). The van der Waals surface area contributed by atoms with Crippen molar-refractivity contribution < 1.29 is 4.79 Å². The Morgan fingerprint density at radius 2 is 2.12 bits per heavy atom. The highest BCUT2D eigenvalue weighted by molar-refractivity contribution is 7.99. The minimum Gasteiger partial charge on any atom is -0.355 e. The van der Waals surface area contributed by atoms with Gasteiger partial charge in [0.2, 0.25) is 5.91 Å². The topological polar surface area (TPSA) is 90.0 Å². The van der Waals surface area contributed by atoms with Gasteiger partial charge in [0.15, 0.2) is 5.16 Å². The molecule has 3 rings (SSSR count). The van der Waals surface area contributed by atoms with E-state index < -0.39 is 0 Å². The molecule has 1 aromatic carbocycles. The Balaban J connectivity index is 1.85. The molecule has 0 saturated heterocycles. The maximum atomic E-state index is 12.8. The predicted octanol–water partition coefficient (Wildman–Crippen LogP) is 2.85. The van der Waals surface area contributed by atoms with Gasteiger partial charge < -0.3 is 11.2 Å². The van der Waals surface area contributed by atoms with Crippen LogP contribution in [0.3, 0.4) is 0 Å². The van der Waals surface area contributed by atoms with Crippen molar-refractivity contribution in [2.75, 3.05) is 18.1 Å². The van der Waals surface area contributed by atoms with Crippen molar-refractivity contribution in [1.82, 2.24) is 15.0 Å². The largest absolute Gasteiger partial charge is 0.355 e. The molecule has 0 saturated carbocycles. The third kappa shape index (κ3) is 3.91. The Bertz CT molecular complexity index is 966. The van der Waals surface area contributed by atoms with E-state index in [1.165, 1.54) is 23.1 Å². The summed E-state index contributed by atoms with van der Waals surface area (Å²) in [6.07, 6.45) is 1.97. The average molecular weight is 389 g/mol. The normalized spacial score (nSPS) is 11.0. The minimum atomic E-state index is -0.302. The molecular formula is C18H20N4O2S2. The van der Waals surface area contributed by atoms with E-state index in [1.54, 1.807) is 0 Å². The van der Waals surface area contributed by atoms with Crippen LogP contribution in [0.1, 0.15) is 19.8 Å². The highest BCUT2D eigenvalue weighted by Gasteiger charge is 2.16. The second kappa shape index (κ2) is 8.37. The van der Waals surface area contributed by atoms with Crippen LogP contribution >= 0.6 is 23.1 Å². The van der Waals surface area contributed by atoms with Gasteiger partial charge in [-0.05, 0) is 12.0 Å². The van der Waals surface area contributed by atoms with Crippen molar-refractivity contribution in [3.8, 4) is 11.1 Å². The summed E-state index contributed by atoms with van der Waals surface area (Å²) in [6, 6.07) is 9.68. The first-order valence-electron chi connectivity index (χ1n) is 8.36. The van der Waals surface area contributed by atoms with Crippen LogP contribution < -0.4 is 16.7 Å². The number of benzene rings is 1. The van der Waals surface area contributed by atoms with Crippen LogP contribution in [0.4, 0.5) is 0 Å². The molecule has 6 nitrogen and oxygen atoms in total. The number of aromatic nitrogens is 2. The zero-order chi connectivity index (χ0) is 18.5. The molecule has 3 aromatic rings. The van der Waals surface area contributed by atoms with Gasteiger partial charge in [0.1, 0.15) is 4.83 Å². The Morgan fingerprint density at radius 1 is 1.35 bits per heavy atom. The molecule has 2 aromatic heterocycles. The summed E-state index contributed by atoms with van der Waals surface area (Å²) in [5, 5.41) is 5.61. The quantitative estimate of drug-likeness (QED) is 0.281. The fourth-order valence-electron chi connectivity index (χ4n) is 2.50. The van der Waals surface area contributed by atoms with Gasteiger partial charge >= 0.3 is 0 Å². The number of amides is 1. The molecule has 2 heterocycles. The molecule has 0 aliphatic rings. The van der Waals surface area contributed by atoms with Crippen LogP contribution in [0.2, 0.25) is 0 Å². The van der Waals surface area contributed by atoms with E-state index in [-0.39, 0.29) is 17.2 Å². The van der Waals surface area contributed by atoms with Crippen molar-refractivity contribution in [2.45, 2.75) is 24.9 Å². The average Bonchev–Trinajstić information content (AvgIpc) is 3.08. The third-order valence-corrected chi connectivity index (χ3v) is 5.70. The van der Waals surface area contributed by atoms with Crippen LogP contribution in [0.15, 0.2) is 45.7 Å². The number of carbonyl (C=O) groups is 1. The van der Waals surface area contributed by atoms with Crippen LogP contribution in [-0.2, 0) is 4.79 Å². The smallest absolute Gasteiger partial charge is 0.282 e. The van der Waals surface area contributed by atoms with Crippen molar-refractivity contribution >= 4 is 39.2 Å². The second-order valence-corrected chi connectivity index (χ2v) is 7.56. The zero-order valence-corrected chi connectivity index (χ0v) is 16.0. The van der Waals surface area contributed by atoms with Gasteiger partial charge in [0.05, 0.1) is 11.1 Å². The monoisotopic (exact) mass is 388 g/mol. The predicted molar refractivity (Wildman–Crippen MR) is 108 cm³/mol. The zero-order valence-electron chi connectivity index (χ0n) is 14.4. The molecule has 26 heavy (non-hydrogen) atoms. The molecule has 0 aliphatic carbocycles. The number of unbranched alkanes of at least 4 members (excludes halogenated alkanes) is 1. The van der Waals surface area contributed by atoms with E-state index in [0.29, 0.717) is 21.9 Å². The van der Waals surface area contributed by atoms with Gasteiger partial charge in [-0.15, -0.1) is 11.3 Å². The molecule has 1 amide bonds. The second-order valence-electron chi connectivity index (χ2n) is 5.76. The van der Waals surface area contributed by atoms with Crippen LogP contribution in [0.25, 0.3) is 21.3 Å². The van der Waals surface area contributed by atoms with Gasteiger partial charge in [-0.1, -0.05) is 55.4 Å². The Kier molecular flexibility index (Phi) is 5.95. The van der Waals surface area contributed by atoms with Gasteiger partial charge in [0.25, 0.3) is 5.56 Å². The number of carbonyl (C=O) groups excluding carboxylic acids is 1. The first kappa shape index (κ1) is 18.5. The number of rotatable bonds is 7. The van der Waals surface area contributed by atoms with Gasteiger partial charge in [0, 0.05) is 17.5 Å². The van der Waals surface area contributed by atoms with Crippen molar-refractivity contribution in [3.63, 3.8) is 0 Å². The number of thioether (sulfide) groups is 1. The number of hydrogen-bond donors (Lipinski definition) is 2. The summed E-state index contributed by atoms with van der Waals surface area (Å²) < 4.78 is 1.03. The number of fused-ring (bicyclic) bond motifs is 1. The van der Waals surface area contributed by atoms with Gasteiger partial charge in [-0.3, -0.25) is 9.59 Å². The number of nitrogens with zero attached hydrogens (tertiary/aromatic N) is 2. The van der Waals surface area contributed by atoms with E-state index in [9.17, 15) is 9.59 Å². The summed E-state index contributed by atoms with van der Waals surface area (Å²) in [5.41, 5.74) is 1.48. The fourth-order valence-corrected chi connectivity index (χ4v) is 4.24. The van der Waals surface area contributed by atoms with Crippen molar-refractivity contribution in [3.05, 3.63) is 46.1 Å². The molecule has 0 bridgehead atoms. The summed E-state index contributed by atoms with van der Waals surface area (Å²) in [4.78, 5) is 29.7. The fraction of sp³-hybridized carbons (Fsp3) is 0.278. The summed E-state index contributed by atoms with van der Waals surface area (Å²) in [6.45, 7) is 2.72. The van der Waals surface area contributed by atoms with Crippen LogP contribution in [0, 0.1) is 0 Å². The maximum Gasteiger partial charge on any atom is 0.282 e. The molecule has 0 spiro atoms. The maximum absolute atomic E-state index is 12.8. The van der Waals surface area contributed by atoms with Gasteiger partial charge in [-0.2, -0.15) is 0 Å². The molecule has 136 valence electrons. The number of nitrogens with one attached hydrogen (secondary N) is 1. The Morgan fingerprint density at radius 3 is 2.85 bits per heavy atom. The number of nitrogen functional groups attached to an aromatic ring is 1. The van der Waals surface area contributed by atoms with E-state index in [1.807, 2.05) is 35.7 Å². The molecule has 0 radical (unpaired) electrons. The van der Waals surface area contributed by atoms with E-state index >= 15 is 0 Å². The molecule has 0 aliphatic heterocycles. The van der Waals surface area contributed by atoms with E-state index in [2.05, 4.69) is 17.2 Å². The van der Waals surface area contributed by atoms with E-state index in [4.69, 9.17) is 5.84 Å². The Labute approximate surface area is 159 Å². The third-order valence-electron chi connectivity index (χ3n) is 3.88. The molecule has 3 N–H and O–H groups in total. The van der Waals surface area contributed by atoms with Gasteiger partial charge in [-0.25, -0.2) is 9.66 Å². The summed E-state index contributed by atoms with van der Waals surface area (Å²) in [7, 11) is 0. The first-order chi connectivity index (χ1) is 12.6. The SMILES string of the molecule is CCCCNC(=O)CSc1nc2scc(-c3ccccc3)c2c(=O)n1N. The minimum absolute atomic E-state index is 0.0889. The lowest BCUT2D eigenvalue weighted by Crippen LogP contribution is -2.31. The highest BCUT2D eigenvalue weighted by atomic mass is 32.2.